The topological polar surface area (TPSA) is 49.4 Å². The molecule has 0 radical (unpaired) electrons. The maximum atomic E-state index is 12.1. The van der Waals surface area contributed by atoms with Crippen molar-refractivity contribution in [2.24, 2.45) is 5.92 Å². The SMILES string of the molecule is CCC(CC)C(=O)NCCN1C(=O)CCc2ccccc21. The number of aryl methyl sites for hydroxylation is 1. The van der Waals surface area contributed by atoms with Crippen molar-refractivity contribution in [2.75, 3.05) is 18.0 Å². The predicted molar refractivity (Wildman–Crippen MR) is 84.2 cm³/mol. The van der Waals surface area contributed by atoms with Gasteiger partial charge in [0, 0.05) is 31.1 Å². The van der Waals surface area contributed by atoms with Gasteiger partial charge in [-0.05, 0) is 30.9 Å². The molecule has 0 spiro atoms. The summed E-state index contributed by atoms with van der Waals surface area (Å²) in [6.07, 6.45) is 3.07. The van der Waals surface area contributed by atoms with Crippen molar-refractivity contribution in [3.8, 4) is 0 Å². The summed E-state index contributed by atoms with van der Waals surface area (Å²) in [6, 6.07) is 8.00. The Labute approximate surface area is 126 Å². The van der Waals surface area contributed by atoms with Crippen LogP contribution in [0.15, 0.2) is 24.3 Å². The first-order valence-corrected chi connectivity index (χ1v) is 7.83. The summed E-state index contributed by atoms with van der Waals surface area (Å²) >= 11 is 0. The molecule has 21 heavy (non-hydrogen) atoms. The van der Waals surface area contributed by atoms with E-state index in [1.807, 2.05) is 32.0 Å². The van der Waals surface area contributed by atoms with E-state index in [2.05, 4.69) is 11.4 Å². The van der Waals surface area contributed by atoms with E-state index >= 15 is 0 Å². The first-order chi connectivity index (χ1) is 10.2. The van der Waals surface area contributed by atoms with Gasteiger partial charge in [0.25, 0.3) is 0 Å². The summed E-state index contributed by atoms with van der Waals surface area (Å²) in [7, 11) is 0. The molecular formula is C17H24N2O2. The van der Waals surface area contributed by atoms with Crippen molar-refractivity contribution in [3.63, 3.8) is 0 Å². The number of fused-ring (bicyclic) bond motifs is 1. The number of para-hydroxylation sites is 1. The molecule has 2 rings (SSSR count). The maximum absolute atomic E-state index is 12.1. The van der Waals surface area contributed by atoms with Crippen LogP contribution >= 0.6 is 0 Å². The maximum Gasteiger partial charge on any atom is 0.227 e. The molecule has 0 bridgehead atoms. The molecule has 114 valence electrons. The Balaban J connectivity index is 1.94. The van der Waals surface area contributed by atoms with E-state index in [0.717, 1.165) is 24.9 Å². The zero-order chi connectivity index (χ0) is 15.2. The molecule has 0 saturated heterocycles. The molecule has 4 nitrogen and oxygen atoms in total. The monoisotopic (exact) mass is 288 g/mol. The predicted octanol–water partition coefficient (Wildman–Crippen LogP) is 2.52. The quantitative estimate of drug-likeness (QED) is 0.874. The van der Waals surface area contributed by atoms with Crippen LogP contribution in [0.4, 0.5) is 5.69 Å². The first kappa shape index (κ1) is 15.5. The lowest BCUT2D eigenvalue weighted by Gasteiger charge is -2.29. The van der Waals surface area contributed by atoms with Gasteiger partial charge >= 0.3 is 0 Å². The minimum absolute atomic E-state index is 0.0781. The van der Waals surface area contributed by atoms with Crippen LogP contribution in [0.1, 0.15) is 38.7 Å². The number of amides is 2. The van der Waals surface area contributed by atoms with Crippen LogP contribution in [0.3, 0.4) is 0 Å². The molecule has 1 aromatic rings. The molecular weight excluding hydrogens is 264 g/mol. The number of rotatable bonds is 6. The summed E-state index contributed by atoms with van der Waals surface area (Å²) in [6.45, 7) is 5.10. The van der Waals surface area contributed by atoms with Crippen molar-refractivity contribution in [2.45, 2.75) is 39.5 Å². The highest BCUT2D eigenvalue weighted by Crippen LogP contribution is 2.26. The molecule has 0 aliphatic carbocycles. The van der Waals surface area contributed by atoms with Crippen LogP contribution in [0, 0.1) is 5.92 Å². The molecule has 0 unspecified atom stereocenters. The number of nitrogens with zero attached hydrogens (tertiary/aromatic N) is 1. The summed E-state index contributed by atoms with van der Waals surface area (Å²) < 4.78 is 0. The van der Waals surface area contributed by atoms with Gasteiger partial charge in [-0.1, -0.05) is 32.0 Å². The lowest BCUT2D eigenvalue weighted by molar-refractivity contribution is -0.125. The zero-order valence-electron chi connectivity index (χ0n) is 12.9. The number of nitrogens with one attached hydrogen (secondary N) is 1. The van der Waals surface area contributed by atoms with Crippen LogP contribution in [0.2, 0.25) is 0 Å². The third kappa shape index (κ3) is 3.63. The molecule has 2 amide bonds. The average Bonchev–Trinajstić information content (AvgIpc) is 2.50. The van der Waals surface area contributed by atoms with Crippen LogP contribution in [-0.2, 0) is 16.0 Å². The van der Waals surface area contributed by atoms with Crippen LogP contribution in [0.25, 0.3) is 0 Å². The fraction of sp³-hybridized carbons (Fsp3) is 0.529. The van der Waals surface area contributed by atoms with Crippen LogP contribution in [-0.4, -0.2) is 24.9 Å². The molecule has 0 aromatic heterocycles. The molecule has 0 saturated carbocycles. The summed E-state index contributed by atoms with van der Waals surface area (Å²) in [5, 5.41) is 2.95. The van der Waals surface area contributed by atoms with E-state index < -0.39 is 0 Å². The Bertz CT molecular complexity index is 509. The fourth-order valence-corrected chi connectivity index (χ4v) is 2.84. The largest absolute Gasteiger partial charge is 0.354 e. The molecule has 0 atom stereocenters. The Hall–Kier alpha value is -1.84. The van der Waals surface area contributed by atoms with Gasteiger partial charge < -0.3 is 10.2 Å². The summed E-state index contributed by atoms with van der Waals surface area (Å²) in [4.78, 5) is 25.8. The smallest absolute Gasteiger partial charge is 0.227 e. The van der Waals surface area contributed by atoms with Gasteiger partial charge in [-0.2, -0.15) is 0 Å². The lowest BCUT2D eigenvalue weighted by Crippen LogP contribution is -2.42. The van der Waals surface area contributed by atoms with Crippen molar-refractivity contribution in [1.82, 2.24) is 5.32 Å². The molecule has 1 aliphatic heterocycles. The molecule has 4 heteroatoms. The third-order valence-electron chi connectivity index (χ3n) is 4.18. The number of hydrogen-bond acceptors (Lipinski definition) is 2. The highest BCUT2D eigenvalue weighted by atomic mass is 16.2. The van der Waals surface area contributed by atoms with Gasteiger partial charge in [0.05, 0.1) is 0 Å². The Morgan fingerprint density at radius 2 is 1.95 bits per heavy atom. The standard InChI is InChI=1S/C17H24N2O2/c1-3-13(4-2)17(21)18-11-12-19-15-8-6-5-7-14(15)9-10-16(19)20/h5-8,13H,3-4,9-12H2,1-2H3,(H,18,21). The van der Waals surface area contributed by atoms with E-state index in [4.69, 9.17) is 0 Å². The highest BCUT2D eigenvalue weighted by molar-refractivity contribution is 5.96. The Morgan fingerprint density at radius 1 is 1.24 bits per heavy atom. The highest BCUT2D eigenvalue weighted by Gasteiger charge is 2.23. The third-order valence-corrected chi connectivity index (χ3v) is 4.18. The van der Waals surface area contributed by atoms with Gasteiger partial charge in [0.15, 0.2) is 0 Å². The normalized spacial score (nSPS) is 14.2. The van der Waals surface area contributed by atoms with E-state index in [0.29, 0.717) is 19.5 Å². The second-order valence-electron chi connectivity index (χ2n) is 5.48. The van der Waals surface area contributed by atoms with Crippen LogP contribution < -0.4 is 10.2 Å². The van der Waals surface area contributed by atoms with Crippen LogP contribution in [0.5, 0.6) is 0 Å². The first-order valence-electron chi connectivity index (χ1n) is 7.83. The molecule has 0 fully saturated rings. The van der Waals surface area contributed by atoms with Gasteiger partial charge in [-0.3, -0.25) is 9.59 Å². The molecule has 1 heterocycles. The zero-order valence-corrected chi connectivity index (χ0v) is 12.9. The fourth-order valence-electron chi connectivity index (χ4n) is 2.84. The van der Waals surface area contributed by atoms with Gasteiger partial charge in [0.2, 0.25) is 11.8 Å². The summed E-state index contributed by atoms with van der Waals surface area (Å²) in [5.74, 6) is 0.317. The summed E-state index contributed by atoms with van der Waals surface area (Å²) in [5.41, 5.74) is 2.20. The van der Waals surface area contributed by atoms with Crippen molar-refractivity contribution < 1.29 is 9.59 Å². The number of benzene rings is 1. The number of carbonyl (C=O) groups excluding carboxylic acids is 2. The number of hydrogen-bond donors (Lipinski definition) is 1. The minimum Gasteiger partial charge on any atom is -0.354 e. The van der Waals surface area contributed by atoms with Crippen molar-refractivity contribution in [3.05, 3.63) is 29.8 Å². The van der Waals surface area contributed by atoms with Crippen molar-refractivity contribution >= 4 is 17.5 Å². The molecule has 1 N–H and O–H groups in total. The van der Waals surface area contributed by atoms with Gasteiger partial charge in [-0.25, -0.2) is 0 Å². The van der Waals surface area contributed by atoms with Gasteiger partial charge in [0.1, 0.15) is 0 Å². The lowest BCUT2D eigenvalue weighted by atomic mass is 10.0. The second kappa shape index (κ2) is 7.25. The number of carbonyl (C=O) groups is 2. The average molecular weight is 288 g/mol. The van der Waals surface area contributed by atoms with Crippen molar-refractivity contribution in [1.29, 1.82) is 0 Å². The molecule has 1 aromatic carbocycles. The molecule has 1 aliphatic rings. The van der Waals surface area contributed by atoms with E-state index in [1.54, 1.807) is 4.90 Å². The second-order valence-corrected chi connectivity index (χ2v) is 5.48. The minimum atomic E-state index is 0.0781. The Kier molecular flexibility index (Phi) is 5.37. The number of anilines is 1. The van der Waals surface area contributed by atoms with E-state index in [1.165, 1.54) is 5.56 Å². The van der Waals surface area contributed by atoms with E-state index in [-0.39, 0.29) is 17.7 Å². The van der Waals surface area contributed by atoms with Gasteiger partial charge in [-0.15, -0.1) is 0 Å². The van der Waals surface area contributed by atoms with E-state index in [9.17, 15) is 9.59 Å². The Morgan fingerprint density at radius 3 is 2.67 bits per heavy atom.